The smallest absolute Gasteiger partial charge is 0.0332 e. The first-order valence-corrected chi connectivity index (χ1v) is 10.2. The highest BCUT2D eigenvalue weighted by atomic mass is 79.9. The van der Waals surface area contributed by atoms with E-state index in [0.29, 0.717) is 0 Å². The van der Waals surface area contributed by atoms with Crippen molar-refractivity contribution in [3.63, 3.8) is 0 Å². The Morgan fingerprint density at radius 2 is 0.692 bits per heavy atom. The third kappa shape index (κ3) is 1.74. The van der Waals surface area contributed by atoms with Gasteiger partial charge in [0.25, 0.3) is 0 Å². The SMILES string of the molecule is Brc1c2ccccc2c2ccc3c(Br)c4ccccc4c4ccc1c2c34. The largest absolute Gasteiger partial charge is 0.0616 e. The van der Waals surface area contributed by atoms with E-state index in [9.17, 15) is 0 Å². The zero-order valence-corrected chi connectivity index (χ0v) is 16.9. The molecule has 122 valence electrons. The van der Waals surface area contributed by atoms with Gasteiger partial charge < -0.3 is 0 Å². The highest BCUT2D eigenvalue weighted by Crippen LogP contribution is 2.46. The lowest BCUT2D eigenvalue weighted by atomic mass is 9.89. The van der Waals surface area contributed by atoms with E-state index in [2.05, 4.69) is 105 Å². The van der Waals surface area contributed by atoms with Gasteiger partial charge in [0.15, 0.2) is 0 Å². The summed E-state index contributed by atoms with van der Waals surface area (Å²) in [5.41, 5.74) is 0. The standard InChI is InChI=1S/C24H12Br2/c25-23-17-7-3-1-5-13(17)15-9-11-20-22-16(10-12-19(23)21(15)22)14-6-2-4-8-18(14)24(20)26/h1-12H. The van der Waals surface area contributed by atoms with Crippen molar-refractivity contribution >= 4 is 85.7 Å². The summed E-state index contributed by atoms with van der Waals surface area (Å²) in [6.07, 6.45) is 0. The van der Waals surface area contributed by atoms with Crippen molar-refractivity contribution < 1.29 is 0 Å². The normalized spacial score (nSPS) is 12.2. The Hall–Kier alpha value is -2.16. The molecular weight excluding hydrogens is 448 g/mol. The molecule has 0 aliphatic carbocycles. The Bertz CT molecular complexity index is 1380. The first-order chi connectivity index (χ1) is 12.8. The predicted octanol–water partition coefficient (Wildman–Crippen LogP) is 8.42. The number of benzene rings is 6. The molecule has 0 nitrogen and oxygen atoms in total. The molecule has 26 heavy (non-hydrogen) atoms. The molecule has 0 fully saturated rings. The van der Waals surface area contributed by atoms with Gasteiger partial charge in [-0.25, -0.2) is 0 Å². The topological polar surface area (TPSA) is 0 Å². The minimum atomic E-state index is 1.18. The summed E-state index contributed by atoms with van der Waals surface area (Å²) in [5, 5.41) is 13.0. The maximum atomic E-state index is 3.88. The second-order valence-corrected chi connectivity index (χ2v) is 8.38. The van der Waals surface area contributed by atoms with E-state index in [4.69, 9.17) is 0 Å². The Kier molecular flexibility index (Phi) is 2.98. The zero-order valence-electron chi connectivity index (χ0n) is 13.7. The van der Waals surface area contributed by atoms with E-state index < -0.39 is 0 Å². The van der Waals surface area contributed by atoms with Gasteiger partial charge in [0.1, 0.15) is 0 Å². The lowest BCUT2D eigenvalue weighted by Gasteiger charge is -2.17. The first-order valence-electron chi connectivity index (χ1n) is 8.60. The van der Waals surface area contributed by atoms with Crippen LogP contribution in [0.15, 0.2) is 81.7 Å². The molecular formula is C24H12Br2. The van der Waals surface area contributed by atoms with Gasteiger partial charge in [-0.3, -0.25) is 0 Å². The van der Waals surface area contributed by atoms with Crippen LogP contribution in [0.25, 0.3) is 53.9 Å². The predicted molar refractivity (Wildman–Crippen MR) is 121 cm³/mol. The van der Waals surface area contributed by atoms with Crippen LogP contribution in [0.4, 0.5) is 0 Å². The summed E-state index contributed by atoms with van der Waals surface area (Å²) in [4.78, 5) is 0. The number of halogens is 2. The highest BCUT2D eigenvalue weighted by Gasteiger charge is 2.17. The van der Waals surface area contributed by atoms with Gasteiger partial charge in [-0.15, -0.1) is 0 Å². The second-order valence-electron chi connectivity index (χ2n) is 6.79. The van der Waals surface area contributed by atoms with Crippen molar-refractivity contribution in [2.45, 2.75) is 0 Å². The van der Waals surface area contributed by atoms with Crippen LogP contribution in [0.5, 0.6) is 0 Å². The van der Waals surface area contributed by atoms with Crippen LogP contribution in [-0.4, -0.2) is 0 Å². The van der Waals surface area contributed by atoms with Crippen LogP contribution < -0.4 is 0 Å². The van der Waals surface area contributed by atoms with Gasteiger partial charge in [0.2, 0.25) is 0 Å². The molecule has 0 spiro atoms. The molecule has 0 radical (unpaired) electrons. The molecule has 0 unspecified atom stereocenters. The van der Waals surface area contributed by atoms with E-state index in [0.717, 1.165) is 0 Å². The first kappa shape index (κ1) is 15.0. The van der Waals surface area contributed by atoms with E-state index in [1.54, 1.807) is 0 Å². The van der Waals surface area contributed by atoms with Gasteiger partial charge in [-0.1, -0.05) is 72.8 Å². The van der Waals surface area contributed by atoms with Crippen LogP contribution in [0.3, 0.4) is 0 Å². The third-order valence-corrected chi connectivity index (χ3v) is 7.25. The summed E-state index contributed by atoms with van der Waals surface area (Å²) in [7, 11) is 0. The quantitative estimate of drug-likeness (QED) is 0.158. The van der Waals surface area contributed by atoms with Crippen molar-refractivity contribution in [3.8, 4) is 0 Å². The number of fused-ring (bicyclic) bond motifs is 4. The number of rotatable bonds is 0. The Morgan fingerprint density at radius 3 is 1.12 bits per heavy atom. The summed E-state index contributed by atoms with van der Waals surface area (Å²) in [6.45, 7) is 0. The molecule has 0 bridgehead atoms. The van der Waals surface area contributed by atoms with Gasteiger partial charge in [-0.2, -0.15) is 0 Å². The average molecular weight is 460 g/mol. The second kappa shape index (κ2) is 5.18. The van der Waals surface area contributed by atoms with Crippen LogP contribution >= 0.6 is 31.9 Å². The highest BCUT2D eigenvalue weighted by molar-refractivity contribution is 9.11. The van der Waals surface area contributed by atoms with Crippen molar-refractivity contribution in [1.29, 1.82) is 0 Å². The Balaban J connectivity index is 2.04. The monoisotopic (exact) mass is 458 g/mol. The zero-order chi connectivity index (χ0) is 17.4. The molecule has 0 aliphatic heterocycles. The van der Waals surface area contributed by atoms with Crippen molar-refractivity contribution in [2.24, 2.45) is 0 Å². The summed E-state index contributed by atoms with van der Waals surface area (Å²) >= 11 is 7.77. The van der Waals surface area contributed by atoms with E-state index >= 15 is 0 Å². The number of hydrogen-bond acceptors (Lipinski definition) is 0. The lowest BCUT2D eigenvalue weighted by Crippen LogP contribution is -1.89. The molecule has 0 aromatic heterocycles. The molecule has 6 aromatic rings. The van der Waals surface area contributed by atoms with Crippen LogP contribution in [0.2, 0.25) is 0 Å². The molecule has 0 amide bonds. The van der Waals surface area contributed by atoms with Crippen molar-refractivity contribution in [2.75, 3.05) is 0 Å². The molecule has 0 saturated heterocycles. The fourth-order valence-corrected chi connectivity index (χ4v) is 5.77. The summed E-state index contributed by atoms with van der Waals surface area (Å²) < 4.78 is 2.36. The van der Waals surface area contributed by atoms with Gasteiger partial charge in [-0.05, 0) is 85.7 Å². The van der Waals surface area contributed by atoms with Crippen molar-refractivity contribution in [3.05, 3.63) is 81.7 Å². The molecule has 6 rings (SSSR count). The maximum Gasteiger partial charge on any atom is 0.0332 e. The Labute approximate surface area is 167 Å². The minimum absolute atomic E-state index is 1.18. The summed E-state index contributed by atoms with van der Waals surface area (Å²) in [5.74, 6) is 0. The molecule has 0 N–H and O–H groups in total. The van der Waals surface area contributed by atoms with Gasteiger partial charge in [0, 0.05) is 8.95 Å². The third-order valence-electron chi connectivity index (χ3n) is 5.54. The molecule has 0 aliphatic rings. The molecule has 2 heteroatoms. The van der Waals surface area contributed by atoms with E-state index in [-0.39, 0.29) is 0 Å². The number of hydrogen-bond donors (Lipinski definition) is 0. The fraction of sp³-hybridized carbons (Fsp3) is 0. The van der Waals surface area contributed by atoms with Crippen LogP contribution in [0, 0.1) is 0 Å². The molecule has 0 atom stereocenters. The van der Waals surface area contributed by atoms with Crippen LogP contribution in [0.1, 0.15) is 0 Å². The van der Waals surface area contributed by atoms with Crippen molar-refractivity contribution in [1.82, 2.24) is 0 Å². The fourth-order valence-electron chi connectivity index (χ4n) is 4.42. The minimum Gasteiger partial charge on any atom is -0.0616 e. The summed E-state index contributed by atoms with van der Waals surface area (Å²) in [6, 6.07) is 26.4. The van der Waals surface area contributed by atoms with Gasteiger partial charge in [0.05, 0.1) is 0 Å². The van der Waals surface area contributed by atoms with Crippen LogP contribution in [-0.2, 0) is 0 Å². The lowest BCUT2D eigenvalue weighted by molar-refractivity contribution is 1.75. The molecule has 6 aromatic carbocycles. The van der Waals surface area contributed by atoms with E-state index in [1.807, 2.05) is 0 Å². The van der Waals surface area contributed by atoms with E-state index in [1.165, 1.54) is 62.8 Å². The molecule has 0 saturated carbocycles. The Morgan fingerprint density at radius 1 is 0.346 bits per heavy atom. The maximum absolute atomic E-state index is 3.88. The molecule has 0 heterocycles. The van der Waals surface area contributed by atoms with Gasteiger partial charge >= 0.3 is 0 Å². The average Bonchev–Trinajstić information content (AvgIpc) is 2.70.